The highest BCUT2D eigenvalue weighted by atomic mass is 127. The van der Waals surface area contributed by atoms with Crippen molar-refractivity contribution in [2.24, 2.45) is 4.99 Å². The number of benzene rings is 1. The van der Waals surface area contributed by atoms with Crippen molar-refractivity contribution in [2.75, 3.05) is 13.6 Å². The minimum absolute atomic E-state index is 0. The summed E-state index contributed by atoms with van der Waals surface area (Å²) in [5.74, 6) is 2.09. The van der Waals surface area contributed by atoms with Crippen molar-refractivity contribution in [1.82, 2.24) is 20.4 Å². The lowest BCUT2D eigenvalue weighted by molar-refractivity contribution is 0.570. The zero-order chi connectivity index (χ0) is 17.6. The van der Waals surface area contributed by atoms with Gasteiger partial charge in [0.2, 0.25) is 0 Å². The quantitative estimate of drug-likeness (QED) is 0.283. The summed E-state index contributed by atoms with van der Waals surface area (Å²) in [6.45, 7) is 6.28. The van der Waals surface area contributed by atoms with Crippen molar-refractivity contribution in [1.29, 1.82) is 0 Å². The van der Waals surface area contributed by atoms with E-state index in [2.05, 4.69) is 58.8 Å². The monoisotopic (exact) mass is 467 g/mol. The molecule has 26 heavy (non-hydrogen) atoms. The van der Waals surface area contributed by atoms with E-state index in [-0.39, 0.29) is 24.0 Å². The van der Waals surface area contributed by atoms with Crippen LogP contribution in [0.1, 0.15) is 49.7 Å². The summed E-state index contributed by atoms with van der Waals surface area (Å²) in [5.41, 5.74) is 2.83. The van der Waals surface area contributed by atoms with E-state index in [4.69, 9.17) is 0 Å². The standard InChI is InChI=1S/C20H29N5.HI/c1-15(2)16-6-8-17(9-7-16)18-14-19(18)24-20(21-3)22-10-4-12-25-13-5-11-23-25;/h5-9,11,13,15,18-19H,4,10,12,14H2,1-3H3,(H2,21,22,24);1H. The Morgan fingerprint density at radius 2 is 2.08 bits per heavy atom. The molecule has 1 aliphatic carbocycles. The van der Waals surface area contributed by atoms with E-state index in [1.807, 2.05) is 30.2 Å². The van der Waals surface area contributed by atoms with Crippen LogP contribution < -0.4 is 10.6 Å². The number of nitrogens with zero attached hydrogens (tertiary/aromatic N) is 3. The number of hydrogen-bond acceptors (Lipinski definition) is 2. The molecule has 6 heteroatoms. The van der Waals surface area contributed by atoms with Gasteiger partial charge in [-0.25, -0.2) is 0 Å². The predicted octanol–water partition coefficient (Wildman–Crippen LogP) is 3.74. The maximum atomic E-state index is 4.34. The molecule has 2 atom stereocenters. The summed E-state index contributed by atoms with van der Waals surface area (Å²) < 4.78 is 1.95. The predicted molar refractivity (Wildman–Crippen MR) is 118 cm³/mol. The number of aliphatic imine (C=N–C) groups is 1. The lowest BCUT2D eigenvalue weighted by atomic mass is 10.0. The summed E-state index contributed by atoms with van der Waals surface area (Å²) in [7, 11) is 1.83. The van der Waals surface area contributed by atoms with Gasteiger partial charge in [0.15, 0.2) is 5.96 Å². The zero-order valence-electron chi connectivity index (χ0n) is 15.9. The van der Waals surface area contributed by atoms with Gasteiger partial charge in [0.05, 0.1) is 0 Å². The average Bonchev–Trinajstić information content (AvgIpc) is 3.19. The molecule has 1 aliphatic rings. The Balaban J connectivity index is 0.00000243. The smallest absolute Gasteiger partial charge is 0.191 e. The van der Waals surface area contributed by atoms with Gasteiger partial charge in [-0.2, -0.15) is 5.10 Å². The molecular formula is C20H30IN5. The topological polar surface area (TPSA) is 54.2 Å². The van der Waals surface area contributed by atoms with Crippen LogP contribution in [0, 0.1) is 0 Å². The summed E-state index contributed by atoms with van der Waals surface area (Å²) in [6, 6.07) is 11.5. The Bertz CT molecular complexity index is 679. The highest BCUT2D eigenvalue weighted by molar-refractivity contribution is 14.0. The van der Waals surface area contributed by atoms with Crippen molar-refractivity contribution < 1.29 is 0 Å². The van der Waals surface area contributed by atoms with Gasteiger partial charge in [0, 0.05) is 44.5 Å². The molecule has 0 amide bonds. The SMILES string of the molecule is CN=C(NCCCn1cccn1)NC1CC1c1ccc(C(C)C)cc1.I. The molecule has 1 fully saturated rings. The fourth-order valence-electron chi connectivity index (χ4n) is 3.10. The Hall–Kier alpha value is -1.57. The largest absolute Gasteiger partial charge is 0.356 e. The summed E-state index contributed by atoms with van der Waals surface area (Å²) in [4.78, 5) is 4.34. The first kappa shape index (κ1) is 20.7. The van der Waals surface area contributed by atoms with E-state index in [9.17, 15) is 0 Å². The Morgan fingerprint density at radius 3 is 2.69 bits per heavy atom. The third-order valence-electron chi connectivity index (χ3n) is 4.78. The number of halogens is 1. The fraction of sp³-hybridized carbons (Fsp3) is 0.500. The first-order chi connectivity index (χ1) is 12.2. The molecule has 1 aromatic heterocycles. The van der Waals surface area contributed by atoms with Crippen molar-refractivity contribution in [3.05, 3.63) is 53.9 Å². The van der Waals surface area contributed by atoms with Crippen LogP contribution >= 0.6 is 24.0 Å². The number of nitrogens with one attached hydrogen (secondary N) is 2. The Morgan fingerprint density at radius 1 is 1.31 bits per heavy atom. The van der Waals surface area contributed by atoms with E-state index in [0.717, 1.165) is 25.5 Å². The third kappa shape index (κ3) is 5.72. The van der Waals surface area contributed by atoms with Crippen LogP contribution in [-0.4, -0.2) is 35.4 Å². The normalized spacial score (nSPS) is 19.2. The summed E-state index contributed by atoms with van der Waals surface area (Å²) in [5, 5.41) is 11.1. The van der Waals surface area contributed by atoms with Crippen molar-refractivity contribution in [2.45, 2.75) is 51.1 Å². The van der Waals surface area contributed by atoms with Gasteiger partial charge >= 0.3 is 0 Å². The minimum atomic E-state index is 0. The van der Waals surface area contributed by atoms with E-state index < -0.39 is 0 Å². The van der Waals surface area contributed by atoms with E-state index >= 15 is 0 Å². The molecule has 3 rings (SSSR count). The summed E-state index contributed by atoms with van der Waals surface area (Å²) in [6.07, 6.45) is 6.00. The number of hydrogen-bond donors (Lipinski definition) is 2. The minimum Gasteiger partial charge on any atom is -0.356 e. The number of rotatable bonds is 7. The van der Waals surface area contributed by atoms with Crippen LogP contribution in [-0.2, 0) is 6.54 Å². The van der Waals surface area contributed by atoms with Gasteiger partial charge < -0.3 is 10.6 Å². The maximum absolute atomic E-state index is 4.34. The van der Waals surface area contributed by atoms with Crippen LogP contribution in [0.3, 0.4) is 0 Å². The molecular weight excluding hydrogens is 437 g/mol. The zero-order valence-corrected chi connectivity index (χ0v) is 18.2. The van der Waals surface area contributed by atoms with Crippen LogP contribution in [0.4, 0.5) is 0 Å². The Labute approximate surface area is 173 Å². The molecule has 5 nitrogen and oxygen atoms in total. The van der Waals surface area contributed by atoms with E-state index in [0.29, 0.717) is 17.9 Å². The van der Waals surface area contributed by atoms with Crippen LogP contribution in [0.2, 0.25) is 0 Å². The third-order valence-corrected chi connectivity index (χ3v) is 4.78. The highest BCUT2D eigenvalue weighted by Crippen LogP contribution is 2.41. The fourth-order valence-corrected chi connectivity index (χ4v) is 3.10. The molecule has 0 saturated heterocycles. The highest BCUT2D eigenvalue weighted by Gasteiger charge is 2.38. The molecule has 2 unspecified atom stereocenters. The number of aryl methyl sites for hydroxylation is 1. The molecule has 0 bridgehead atoms. The average molecular weight is 467 g/mol. The molecule has 2 aromatic rings. The molecule has 1 heterocycles. The molecule has 2 N–H and O–H groups in total. The second-order valence-electron chi connectivity index (χ2n) is 7.04. The summed E-state index contributed by atoms with van der Waals surface area (Å²) >= 11 is 0. The molecule has 0 spiro atoms. The molecule has 1 saturated carbocycles. The van der Waals surface area contributed by atoms with Gasteiger partial charge in [-0.3, -0.25) is 9.67 Å². The van der Waals surface area contributed by atoms with Gasteiger partial charge in [0.25, 0.3) is 0 Å². The molecule has 1 aromatic carbocycles. The second kappa shape index (κ2) is 9.94. The van der Waals surface area contributed by atoms with E-state index in [1.54, 1.807) is 0 Å². The first-order valence-corrected chi connectivity index (χ1v) is 9.22. The molecule has 142 valence electrons. The lowest BCUT2D eigenvalue weighted by Gasteiger charge is -2.12. The van der Waals surface area contributed by atoms with Crippen LogP contribution in [0.15, 0.2) is 47.7 Å². The van der Waals surface area contributed by atoms with E-state index in [1.165, 1.54) is 17.5 Å². The number of guanidine groups is 1. The van der Waals surface area contributed by atoms with Crippen molar-refractivity contribution in [3.8, 4) is 0 Å². The molecule has 0 aliphatic heterocycles. The van der Waals surface area contributed by atoms with Crippen LogP contribution in [0.5, 0.6) is 0 Å². The maximum Gasteiger partial charge on any atom is 0.191 e. The molecule has 0 radical (unpaired) electrons. The first-order valence-electron chi connectivity index (χ1n) is 9.22. The van der Waals surface area contributed by atoms with Gasteiger partial charge in [-0.05, 0) is 36.0 Å². The van der Waals surface area contributed by atoms with Crippen molar-refractivity contribution >= 4 is 29.9 Å². The lowest BCUT2D eigenvalue weighted by Crippen LogP contribution is -2.39. The van der Waals surface area contributed by atoms with Gasteiger partial charge in [-0.15, -0.1) is 24.0 Å². The second-order valence-corrected chi connectivity index (χ2v) is 7.04. The Kier molecular flexibility index (Phi) is 7.93. The van der Waals surface area contributed by atoms with Gasteiger partial charge in [-0.1, -0.05) is 38.1 Å². The van der Waals surface area contributed by atoms with Crippen molar-refractivity contribution in [3.63, 3.8) is 0 Å². The number of aromatic nitrogens is 2. The van der Waals surface area contributed by atoms with Crippen LogP contribution in [0.25, 0.3) is 0 Å². The van der Waals surface area contributed by atoms with Gasteiger partial charge in [0.1, 0.15) is 0 Å².